The van der Waals surface area contributed by atoms with E-state index >= 15 is 0 Å². The molecule has 4 heteroatoms. The molecular formula is C9H20Br3N. The van der Waals surface area contributed by atoms with Gasteiger partial charge in [0.15, 0.2) is 0 Å². The summed E-state index contributed by atoms with van der Waals surface area (Å²) >= 11 is 6.95. The highest BCUT2D eigenvalue weighted by Gasteiger charge is 2.12. The maximum absolute atomic E-state index is 3.48. The van der Waals surface area contributed by atoms with E-state index in [4.69, 9.17) is 0 Å². The molecule has 0 saturated carbocycles. The predicted octanol–water partition coefficient (Wildman–Crippen LogP) is -1.15. The minimum atomic E-state index is 0. The van der Waals surface area contributed by atoms with E-state index in [1.165, 1.54) is 25.7 Å². The Morgan fingerprint density at radius 3 is 1.62 bits per heavy atom. The van der Waals surface area contributed by atoms with E-state index in [-0.39, 0.29) is 17.0 Å². The molecule has 0 aliphatic heterocycles. The van der Waals surface area contributed by atoms with Crippen LogP contribution >= 0.6 is 31.9 Å². The fourth-order valence-corrected chi connectivity index (χ4v) is 2.02. The summed E-state index contributed by atoms with van der Waals surface area (Å²) in [5, 5.41) is 2.29. The van der Waals surface area contributed by atoms with Gasteiger partial charge in [-0.1, -0.05) is 31.9 Å². The lowest BCUT2D eigenvalue weighted by molar-refractivity contribution is -0.886. The Bertz CT molecular complexity index is 90.9. The third-order valence-corrected chi connectivity index (χ3v) is 3.31. The largest absolute Gasteiger partial charge is 1.00 e. The molecule has 0 bridgehead atoms. The SMILES string of the molecule is C[NH+](C)C(CCCBr)CCCBr.[Br-]. The molecular weight excluding hydrogens is 362 g/mol. The minimum absolute atomic E-state index is 0. The van der Waals surface area contributed by atoms with Crippen LogP contribution in [-0.2, 0) is 0 Å². The third kappa shape index (κ3) is 9.70. The van der Waals surface area contributed by atoms with Crippen molar-refractivity contribution in [2.24, 2.45) is 0 Å². The van der Waals surface area contributed by atoms with Crippen molar-refractivity contribution in [3.05, 3.63) is 0 Å². The van der Waals surface area contributed by atoms with Crippen LogP contribution in [-0.4, -0.2) is 30.8 Å². The average Bonchev–Trinajstić information content (AvgIpc) is 2.04. The van der Waals surface area contributed by atoms with Crippen LogP contribution in [0.1, 0.15) is 25.7 Å². The first-order chi connectivity index (χ1) is 5.72. The summed E-state index contributed by atoms with van der Waals surface area (Å²) in [6.07, 6.45) is 5.30. The Balaban J connectivity index is 0. The summed E-state index contributed by atoms with van der Waals surface area (Å²) in [6.45, 7) is 0. The first-order valence-electron chi connectivity index (χ1n) is 4.64. The van der Waals surface area contributed by atoms with Crippen molar-refractivity contribution in [2.45, 2.75) is 31.7 Å². The maximum atomic E-state index is 3.48. The van der Waals surface area contributed by atoms with E-state index in [0.29, 0.717) is 0 Å². The zero-order valence-corrected chi connectivity index (χ0v) is 13.2. The molecule has 0 aromatic rings. The van der Waals surface area contributed by atoms with Crippen LogP contribution < -0.4 is 21.9 Å². The van der Waals surface area contributed by atoms with Gasteiger partial charge in [-0.25, -0.2) is 0 Å². The molecule has 0 aromatic heterocycles. The molecule has 0 amide bonds. The molecule has 0 aliphatic carbocycles. The van der Waals surface area contributed by atoms with Crippen molar-refractivity contribution in [2.75, 3.05) is 24.8 Å². The number of nitrogens with one attached hydrogen (secondary N) is 1. The van der Waals surface area contributed by atoms with Crippen LogP contribution in [0.5, 0.6) is 0 Å². The number of halogens is 3. The van der Waals surface area contributed by atoms with Crippen molar-refractivity contribution < 1.29 is 21.9 Å². The zero-order valence-electron chi connectivity index (χ0n) is 8.45. The second-order valence-corrected chi connectivity index (χ2v) is 5.02. The van der Waals surface area contributed by atoms with Crippen molar-refractivity contribution in [3.8, 4) is 0 Å². The first-order valence-corrected chi connectivity index (χ1v) is 6.88. The zero-order chi connectivity index (χ0) is 9.40. The molecule has 1 nitrogen and oxygen atoms in total. The van der Waals surface area contributed by atoms with Gasteiger partial charge in [0, 0.05) is 23.5 Å². The summed E-state index contributed by atoms with van der Waals surface area (Å²) in [7, 11) is 4.51. The molecule has 0 heterocycles. The number of hydrogen-bond donors (Lipinski definition) is 1. The van der Waals surface area contributed by atoms with Crippen LogP contribution in [0.25, 0.3) is 0 Å². The third-order valence-electron chi connectivity index (χ3n) is 2.19. The Morgan fingerprint density at radius 2 is 1.38 bits per heavy atom. The lowest BCUT2D eigenvalue weighted by Gasteiger charge is -2.20. The highest BCUT2D eigenvalue weighted by Crippen LogP contribution is 2.04. The molecule has 0 unspecified atom stereocenters. The van der Waals surface area contributed by atoms with Crippen molar-refractivity contribution in [1.82, 2.24) is 0 Å². The lowest BCUT2D eigenvalue weighted by Crippen LogP contribution is -3.10. The Hall–Kier alpha value is 1.40. The van der Waals surface area contributed by atoms with Gasteiger partial charge in [-0.15, -0.1) is 0 Å². The summed E-state index contributed by atoms with van der Waals surface area (Å²) in [4.78, 5) is 1.59. The monoisotopic (exact) mass is 379 g/mol. The average molecular weight is 382 g/mol. The molecule has 0 aliphatic rings. The predicted molar refractivity (Wildman–Crippen MR) is 62.7 cm³/mol. The van der Waals surface area contributed by atoms with E-state index in [9.17, 15) is 0 Å². The van der Waals surface area contributed by atoms with Crippen LogP contribution in [0.2, 0.25) is 0 Å². The molecule has 0 rings (SSSR count). The summed E-state index contributed by atoms with van der Waals surface area (Å²) in [5.74, 6) is 0. The van der Waals surface area contributed by atoms with Gasteiger partial charge in [-0.3, -0.25) is 0 Å². The van der Waals surface area contributed by atoms with Crippen molar-refractivity contribution in [3.63, 3.8) is 0 Å². The fraction of sp³-hybridized carbons (Fsp3) is 1.00. The van der Waals surface area contributed by atoms with E-state index in [1.807, 2.05) is 0 Å². The molecule has 0 radical (unpaired) electrons. The van der Waals surface area contributed by atoms with Crippen LogP contribution in [0, 0.1) is 0 Å². The fourth-order valence-electron chi connectivity index (χ4n) is 1.37. The van der Waals surface area contributed by atoms with E-state index in [1.54, 1.807) is 4.90 Å². The molecule has 0 fully saturated rings. The Kier molecular flexibility index (Phi) is 14.8. The van der Waals surface area contributed by atoms with Gasteiger partial charge in [0.2, 0.25) is 0 Å². The maximum Gasteiger partial charge on any atom is 0.0871 e. The minimum Gasteiger partial charge on any atom is -1.00 e. The Morgan fingerprint density at radius 1 is 1.00 bits per heavy atom. The number of quaternary nitrogens is 1. The lowest BCUT2D eigenvalue weighted by atomic mass is 10.1. The van der Waals surface area contributed by atoms with Crippen LogP contribution in [0.3, 0.4) is 0 Å². The van der Waals surface area contributed by atoms with Gasteiger partial charge in [0.25, 0.3) is 0 Å². The highest BCUT2D eigenvalue weighted by atomic mass is 79.9. The van der Waals surface area contributed by atoms with E-state index < -0.39 is 0 Å². The van der Waals surface area contributed by atoms with Gasteiger partial charge in [0.1, 0.15) is 0 Å². The smallest absolute Gasteiger partial charge is 0.0871 e. The van der Waals surface area contributed by atoms with E-state index in [0.717, 1.165) is 16.7 Å². The van der Waals surface area contributed by atoms with Gasteiger partial charge in [-0.05, 0) is 12.8 Å². The molecule has 0 atom stereocenters. The summed E-state index contributed by atoms with van der Waals surface area (Å²) in [6, 6.07) is 0.847. The van der Waals surface area contributed by atoms with Gasteiger partial charge in [0.05, 0.1) is 20.1 Å². The van der Waals surface area contributed by atoms with Crippen molar-refractivity contribution >= 4 is 31.9 Å². The summed E-state index contributed by atoms with van der Waals surface area (Å²) < 4.78 is 0. The van der Waals surface area contributed by atoms with Gasteiger partial charge >= 0.3 is 0 Å². The van der Waals surface area contributed by atoms with Crippen molar-refractivity contribution in [1.29, 1.82) is 0 Å². The standard InChI is InChI=1S/C9H19Br2N.BrH/c1-12(2)9(5-3-7-10)6-4-8-11;/h9H,3-8H2,1-2H3;1H. The molecule has 0 spiro atoms. The van der Waals surface area contributed by atoms with Crippen LogP contribution in [0.15, 0.2) is 0 Å². The van der Waals surface area contributed by atoms with E-state index in [2.05, 4.69) is 46.0 Å². The molecule has 0 aromatic carbocycles. The number of hydrogen-bond acceptors (Lipinski definition) is 0. The van der Waals surface area contributed by atoms with Crippen LogP contribution in [0.4, 0.5) is 0 Å². The topological polar surface area (TPSA) is 4.44 Å². The normalized spacial score (nSPS) is 10.6. The highest BCUT2D eigenvalue weighted by molar-refractivity contribution is 9.09. The quantitative estimate of drug-likeness (QED) is 0.531. The van der Waals surface area contributed by atoms with Gasteiger partial charge < -0.3 is 21.9 Å². The van der Waals surface area contributed by atoms with Gasteiger partial charge in [-0.2, -0.15) is 0 Å². The Labute approximate surface area is 110 Å². The molecule has 0 saturated heterocycles. The molecule has 13 heavy (non-hydrogen) atoms. The second kappa shape index (κ2) is 11.5. The second-order valence-electron chi connectivity index (χ2n) is 3.44. The first kappa shape index (κ1) is 16.8. The number of alkyl halides is 2. The summed E-state index contributed by atoms with van der Waals surface area (Å²) in [5.41, 5.74) is 0. The molecule has 82 valence electrons. The number of rotatable bonds is 7. The molecule has 1 N–H and O–H groups in total.